The number of benzene rings is 3. The van der Waals surface area contributed by atoms with Gasteiger partial charge in [-0.3, -0.25) is 9.69 Å². The maximum Gasteiger partial charge on any atom is 0.237 e. The molecule has 0 unspecified atom stereocenters. The predicted octanol–water partition coefficient (Wildman–Crippen LogP) is 4.17. The second kappa shape index (κ2) is 11.9. The van der Waals surface area contributed by atoms with Crippen molar-refractivity contribution < 1.29 is 19.0 Å². The van der Waals surface area contributed by atoms with E-state index in [9.17, 15) is 4.79 Å². The second-order valence-corrected chi connectivity index (χ2v) is 9.90. The topological polar surface area (TPSA) is 72.1 Å². The third-order valence-corrected chi connectivity index (χ3v) is 7.14. The van der Waals surface area contributed by atoms with Gasteiger partial charge in [0.1, 0.15) is 5.75 Å². The van der Waals surface area contributed by atoms with Gasteiger partial charge in [0, 0.05) is 37.2 Å². The molecule has 7 nitrogen and oxygen atoms in total. The van der Waals surface area contributed by atoms with E-state index in [2.05, 4.69) is 21.6 Å². The van der Waals surface area contributed by atoms with Crippen LogP contribution in [-0.2, 0) is 24.3 Å². The second-order valence-electron chi connectivity index (χ2n) is 9.47. The fourth-order valence-electron chi connectivity index (χ4n) is 4.91. The lowest BCUT2D eigenvalue weighted by molar-refractivity contribution is -0.125. The SMILES string of the molecule is COc1cccc(CN[C@H]2C[C@@H](C(=O)NCCc3ccc4c(c3)OCO4)N(Cc3ccc(Cl)cc3)C2)c1. The number of hydrogen-bond donors (Lipinski definition) is 2. The number of halogens is 1. The fourth-order valence-corrected chi connectivity index (χ4v) is 5.04. The van der Waals surface area contributed by atoms with Crippen molar-refractivity contribution in [3.63, 3.8) is 0 Å². The van der Waals surface area contributed by atoms with Crippen LogP contribution in [0.5, 0.6) is 17.2 Å². The molecule has 194 valence electrons. The van der Waals surface area contributed by atoms with Crippen LogP contribution in [-0.4, -0.2) is 49.9 Å². The van der Waals surface area contributed by atoms with Crippen LogP contribution < -0.4 is 24.8 Å². The van der Waals surface area contributed by atoms with Crippen LogP contribution in [0.15, 0.2) is 66.7 Å². The van der Waals surface area contributed by atoms with Crippen molar-refractivity contribution >= 4 is 17.5 Å². The van der Waals surface area contributed by atoms with Gasteiger partial charge in [0.25, 0.3) is 0 Å². The Bertz CT molecular complexity index is 1220. The molecule has 2 atom stereocenters. The number of amides is 1. The fraction of sp³-hybridized carbons (Fsp3) is 0.345. The lowest BCUT2D eigenvalue weighted by Gasteiger charge is -2.23. The Hall–Kier alpha value is -3.26. The molecule has 37 heavy (non-hydrogen) atoms. The molecule has 1 saturated heterocycles. The van der Waals surface area contributed by atoms with Gasteiger partial charge in [0.15, 0.2) is 11.5 Å². The minimum Gasteiger partial charge on any atom is -0.497 e. The largest absolute Gasteiger partial charge is 0.497 e. The first-order valence-corrected chi connectivity index (χ1v) is 13.0. The van der Waals surface area contributed by atoms with Gasteiger partial charge in [-0.2, -0.15) is 0 Å². The Morgan fingerprint density at radius 1 is 1.03 bits per heavy atom. The van der Waals surface area contributed by atoms with Gasteiger partial charge in [0.2, 0.25) is 12.7 Å². The van der Waals surface area contributed by atoms with Crippen LogP contribution in [0.4, 0.5) is 0 Å². The standard InChI is InChI=1S/C29H32ClN3O4/c1-35-25-4-2-3-22(13-25)16-32-24-15-26(33(18-24)17-21-5-8-23(30)9-6-21)29(34)31-12-11-20-7-10-27-28(14-20)37-19-36-27/h2-10,13-14,24,26,32H,11-12,15-19H2,1H3,(H,31,34)/t24-,26-/m0/s1. The van der Waals surface area contributed by atoms with E-state index >= 15 is 0 Å². The minimum atomic E-state index is -0.213. The van der Waals surface area contributed by atoms with Crippen molar-refractivity contribution in [1.82, 2.24) is 15.5 Å². The summed E-state index contributed by atoms with van der Waals surface area (Å²) in [6, 6.07) is 21.8. The summed E-state index contributed by atoms with van der Waals surface area (Å²) in [5.41, 5.74) is 3.39. The van der Waals surface area contributed by atoms with Gasteiger partial charge in [-0.15, -0.1) is 0 Å². The molecule has 0 aromatic heterocycles. The number of likely N-dealkylation sites (tertiary alicyclic amines) is 1. The van der Waals surface area contributed by atoms with Crippen LogP contribution in [0.1, 0.15) is 23.1 Å². The first-order valence-electron chi connectivity index (χ1n) is 12.6. The van der Waals surface area contributed by atoms with Crippen molar-refractivity contribution in [3.05, 3.63) is 88.4 Å². The molecule has 5 rings (SSSR count). The number of ether oxygens (including phenoxy) is 3. The molecule has 2 aliphatic heterocycles. The monoisotopic (exact) mass is 521 g/mol. The van der Waals surface area contributed by atoms with Crippen LogP contribution in [0.25, 0.3) is 0 Å². The summed E-state index contributed by atoms with van der Waals surface area (Å²) in [4.78, 5) is 15.6. The summed E-state index contributed by atoms with van der Waals surface area (Å²) in [6.07, 6.45) is 1.47. The zero-order valence-electron chi connectivity index (χ0n) is 20.9. The van der Waals surface area contributed by atoms with Crippen LogP contribution >= 0.6 is 11.6 Å². The molecule has 0 aliphatic carbocycles. The highest BCUT2D eigenvalue weighted by molar-refractivity contribution is 6.30. The third kappa shape index (κ3) is 6.55. The molecule has 0 spiro atoms. The maximum absolute atomic E-state index is 13.3. The van der Waals surface area contributed by atoms with E-state index in [1.165, 1.54) is 0 Å². The number of nitrogens with zero attached hydrogens (tertiary/aromatic N) is 1. The van der Waals surface area contributed by atoms with Crippen LogP contribution in [0.2, 0.25) is 5.02 Å². The van der Waals surface area contributed by atoms with Gasteiger partial charge in [0.05, 0.1) is 13.2 Å². The highest BCUT2D eigenvalue weighted by Gasteiger charge is 2.36. The summed E-state index contributed by atoms with van der Waals surface area (Å²) >= 11 is 6.08. The lowest BCUT2D eigenvalue weighted by Crippen LogP contribution is -2.43. The normalized spacial score (nSPS) is 18.6. The van der Waals surface area contributed by atoms with E-state index in [0.29, 0.717) is 18.1 Å². The first-order chi connectivity index (χ1) is 18.1. The number of nitrogens with one attached hydrogen (secondary N) is 2. The average Bonchev–Trinajstić information content (AvgIpc) is 3.55. The molecule has 3 aromatic rings. The summed E-state index contributed by atoms with van der Waals surface area (Å²) in [7, 11) is 1.67. The van der Waals surface area contributed by atoms with Crippen LogP contribution in [0, 0.1) is 0 Å². The van der Waals surface area contributed by atoms with E-state index in [1.807, 2.05) is 60.7 Å². The van der Waals surface area contributed by atoms with E-state index < -0.39 is 0 Å². The Kier molecular flexibility index (Phi) is 8.14. The van der Waals surface area contributed by atoms with E-state index in [-0.39, 0.29) is 24.8 Å². The highest BCUT2D eigenvalue weighted by Crippen LogP contribution is 2.32. The van der Waals surface area contributed by atoms with E-state index in [1.54, 1.807) is 7.11 Å². The van der Waals surface area contributed by atoms with Gasteiger partial charge in [-0.1, -0.05) is 41.9 Å². The zero-order valence-corrected chi connectivity index (χ0v) is 21.7. The predicted molar refractivity (Wildman–Crippen MR) is 143 cm³/mol. The first kappa shape index (κ1) is 25.4. The number of hydrogen-bond acceptors (Lipinski definition) is 6. The van der Waals surface area contributed by atoms with Gasteiger partial charge in [-0.05, 0) is 65.9 Å². The number of methoxy groups -OCH3 is 1. The van der Waals surface area contributed by atoms with E-state index in [4.69, 9.17) is 25.8 Å². The van der Waals surface area contributed by atoms with E-state index in [0.717, 1.165) is 59.9 Å². The number of rotatable bonds is 10. The van der Waals surface area contributed by atoms with Gasteiger partial charge >= 0.3 is 0 Å². The molecule has 0 saturated carbocycles. The molecular formula is C29H32ClN3O4. The van der Waals surface area contributed by atoms with Crippen molar-refractivity contribution in [1.29, 1.82) is 0 Å². The number of fused-ring (bicyclic) bond motifs is 1. The Balaban J connectivity index is 1.20. The molecule has 0 radical (unpaired) electrons. The van der Waals surface area contributed by atoms with Crippen LogP contribution in [0.3, 0.4) is 0 Å². The molecule has 2 aliphatic rings. The smallest absolute Gasteiger partial charge is 0.237 e. The molecule has 0 bridgehead atoms. The summed E-state index contributed by atoms with van der Waals surface area (Å²) < 4.78 is 16.2. The lowest BCUT2D eigenvalue weighted by atomic mass is 10.1. The molecule has 8 heteroatoms. The summed E-state index contributed by atoms with van der Waals surface area (Å²) in [5, 5.41) is 7.51. The zero-order chi connectivity index (χ0) is 25.6. The highest BCUT2D eigenvalue weighted by atomic mass is 35.5. The van der Waals surface area contributed by atoms with Gasteiger partial charge in [-0.25, -0.2) is 0 Å². The molecule has 3 aromatic carbocycles. The third-order valence-electron chi connectivity index (χ3n) is 6.88. The Labute approximate surface area is 222 Å². The molecular weight excluding hydrogens is 490 g/mol. The number of carbonyl (C=O) groups is 1. The molecule has 2 heterocycles. The molecule has 2 N–H and O–H groups in total. The van der Waals surface area contributed by atoms with Crippen molar-refractivity contribution in [2.24, 2.45) is 0 Å². The molecule has 1 fully saturated rings. The minimum absolute atomic E-state index is 0.0559. The van der Waals surface area contributed by atoms with Crippen molar-refractivity contribution in [3.8, 4) is 17.2 Å². The summed E-state index contributed by atoms with van der Waals surface area (Å²) in [5.74, 6) is 2.43. The molecule has 1 amide bonds. The Morgan fingerprint density at radius 3 is 2.68 bits per heavy atom. The Morgan fingerprint density at radius 2 is 1.84 bits per heavy atom. The maximum atomic E-state index is 13.3. The van der Waals surface area contributed by atoms with Crippen molar-refractivity contribution in [2.75, 3.05) is 27.0 Å². The van der Waals surface area contributed by atoms with Crippen molar-refractivity contribution in [2.45, 2.75) is 38.0 Å². The van der Waals surface area contributed by atoms with Gasteiger partial charge < -0.3 is 24.8 Å². The quantitative estimate of drug-likeness (QED) is 0.417. The number of carbonyl (C=O) groups excluding carboxylic acids is 1. The average molecular weight is 522 g/mol. The summed E-state index contributed by atoms with van der Waals surface area (Å²) in [6.45, 7) is 3.01.